The predicted octanol–water partition coefficient (Wildman–Crippen LogP) is 3.76. The Kier molecular flexibility index (Phi) is 8.81. The molecule has 2 aromatic rings. The summed E-state index contributed by atoms with van der Waals surface area (Å²) in [7, 11) is 0. The third kappa shape index (κ3) is 7.07. The number of alkyl halides is 3. The highest BCUT2D eigenvalue weighted by Crippen LogP contribution is 2.36. The highest BCUT2D eigenvalue weighted by Gasteiger charge is 2.39. The molecule has 1 aromatic heterocycles. The fourth-order valence-electron chi connectivity index (χ4n) is 5.39. The topological polar surface area (TPSA) is 83.6 Å². The Morgan fingerprint density at radius 1 is 1.08 bits per heavy atom. The van der Waals surface area contributed by atoms with Crippen LogP contribution in [0.3, 0.4) is 0 Å². The number of aromatic nitrogens is 1. The monoisotopic (exact) mass is 518 g/mol. The number of amides is 2. The van der Waals surface area contributed by atoms with Gasteiger partial charge in [0, 0.05) is 43.7 Å². The van der Waals surface area contributed by atoms with E-state index in [9.17, 15) is 22.8 Å². The Labute approximate surface area is 214 Å². The summed E-state index contributed by atoms with van der Waals surface area (Å²) in [5.74, 6) is -0.597. The van der Waals surface area contributed by atoms with E-state index in [0.29, 0.717) is 25.1 Å². The smallest absolute Gasteiger partial charge is 0.375 e. The molecule has 10 heteroatoms. The van der Waals surface area contributed by atoms with E-state index in [1.54, 1.807) is 0 Å². The van der Waals surface area contributed by atoms with Crippen LogP contribution in [-0.4, -0.2) is 66.1 Å². The molecule has 2 N–H and O–H groups in total. The molecule has 1 aromatic carbocycles. The third-order valence-electron chi connectivity index (χ3n) is 7.27. The van der Waals surface area contributed by atoms with Crippen LogP contribution < -0.4 is 10.6 Å². The van der Waals surface area contributed by atoms with Crippen molar-refractivity contribution in [1.82, 2.24) is 20.5 Å². The normalized spacial score (nSPS) is 24.5. The number of hydrogen-bond acceptors (Lipinski definition) is 5. The number of carbonyl (C=O) groups is 2. The molecule has 1 aliphatic carbocycles. The average molecular weight is 519 g/mol. The van der Waals surface area contributed by atoms with Crippen molar-refractivity contribution >= 4 is 11.8 Å². The Bertz CT molecular complexity index is 1060. The molecule has 4 rings (SSSR count). The maximum absolute atomic E-state index is 12.9. The Balaban J connectivity index is 1.28. The van der Waals surface area contributed by atoms with Crippen molar-refractivity contribution in [3.63, 3.8) is 0 Å². The first-order valence-electron chi connectivity index (χ1n) is 12.7. The quantitative estimate of drug-likeness (QED) is 0.556. The number of benzene rings is 1. The van der Waals surface area contributed by atoms with Gasteiger partial charge in [-0.3, -0.25) is 19.5 Å². The molecular weight excluding hydrogens is 485 g/mol. The number of rotatable bonds is 8. The van der Waals surface area contributed by atoms with Crippen molar-refractivity contribution in [2.75, 3.05) is 26.2 Å². The molecule has 0 bridgehead atoms. The standard InChI is InChI=1S/C27H33F3N4O3/c1-2-37-24-17-34(22-8-6-18(7-9-22)19-10-12-31-13-11-19)16-23(24)33-25(35)15-32-26(36)20-4-3-5-21(14-20)27(28,29)30/h3-5,10-14,18,22-24H,2,6-9,15-17H2,1H3,(H,32,36)(H,33,35)/t18?,22?,23-,24+/m0/s1. The summed E-state index contributed by atoms with van der Waals surface area (Å²) in [5.41, 5.74) is 0.272. The molecule has 37 heavy (non-hydrogen) atoms. The Hall–Kier alpha value is -2.98. The van der Waals surface area contributed by atoms with Crippen LogP contribution in [0.15, 0.2) is 48.8 Å². The number of nitrogens with one attached hydrogen (secondary N) is 2. The number of nitrogens with zero attached hydrogens (tertiary/aromatic N) is 2. The van der Waals surface area contributed by atoms with Gasteiger partial charge in [-0.05, 0) is 74.4 Å². The van der Waals surface area contributed by atoms with Crippen LogP contribution in [0.25, 0.3) is 0 Å². The zero-order valence-electron chi connectivity index (χ0n) is 20.8. The third-order valence-corrected chi connectivity index (χ3v) is 7.27. The van der Waals surface area contributed by atoms with Crippen LogP contribution in [0.1, 0.15) is 60.0 Å². The maximum atomic E-state index is 12.9. The lowest BCUT2D eigenvalue weighted by molar-refractivity contribution is -0.137. The molecule has 1 saturated carbocycles. The molecule has 0 unspecified atom stereocenters. The fourth-order valence-corrected chi connectivity index (χ4v) is 5.39. The molecule has 2 amide bonds. The molecule has 2 fully saturated rings. The minimum Gasteiger partial charge on any atom is -0.375 e. The van der Waals surface area contributed by atoms with Crippen LogP contribution in [0, 0.1) is 0 Å². The lowest BCUT2D eigenvalue weighted by Crippen LogP contribution is -2.48. The minimum atomic E-state index is -4.55. The number of halogens is 3. The second kappa shape index (κ2) is 12.0. The highest BCUT2D eigenvalue weighted by atomic mass is 19.4. The van der Waals surface area contributed by atoms with Crippen LogP contribution >= 0.6 is 0 Å². The summed E-state index contributed by atoms with van der Waals surface area (Å²) >= 11 is 0. The van der Waals surface area contributed by atoms with E-state index in [1.807, 2.05) is 19.3 Å². The van der Waals surface area contributed by atoms with Gasteiger partial charge in [0.1, 0.15) is 0 Å². The Morgan fingerprint density at radius 2 is 1.81 bits per heavy atom. The molecule has 200 valence electrons. The Morgan fingerprint density at radius 3 is 2.49 bits per heavy atom. The number of likely N-dealkylation sites (tertiary alicyclic amines) is 1. The molecular formula is C27H33F3N4O3. The van der Waals surface area contributed by atoms with Crippen LogP contribution in [-0.2, 0) is 15.7 Å². The molecule has 2 aliphatic rings. The largest absolute Gasteiger partial charge is 0.416 e. The number of carbonyl (C=O) groups excluding carboxylic acids is 2. The molecule has 0 radical (unpaired) electrons. The van der Waals surface area contributed by atoms with Gasteiger partial charge in [-0.25, -0.2) is 0 Å². The zero-order chi connectivity index (χ0) is 26.4. The van der Waals surface area contributed by atoms with Gasteiger partial charge in [0.15, 0.2) is 0 Å². The minimum absolute atomic E-state index is 0.149. The van der Waals surface area contributed by atoms with E-state index < -0.39 is 23.6 Å². The van der Waals surface area contributed by atoms with E-state index in [2.05, 4.69) is 32.7 Å². The molecule has 1 aliphatic heterocycles. The van der Waals surface area contributed by atoms with Crippen molar-refractivity contribution in [2.24, 2.45) is 0 Å². The molecule has 2 heterocycles. The van der Waals surface area contributed by atoms with Crippen molar-refractivity contribution in [2.45, 2.75) is 62.9 Å². The second-order valence-electron chi connectivity index (χ2n) is 9.67. The molecule has 7 nitrogen and oxygen atoms in total. The van der Waals surface area contributed by atoms with Crippen LogP contribution in [0.4, 0.5) is 13.2 Å². The van der Waals surface area contributed by atoms with E-state index >= 15 is 0 Å². The second-order valence-corrected chi connectivity index (χ2v) is 9.67. The van der Waals surface area contributed by atoms with Crippen molar-refractivity contribution in [3.8, 4) is 0 Å². The first-order chi connectivity index (χ1) is 17.7. The van der Waals surface area contributed by atoms with Gasteiger partial charge < -0.3 is 15.4 Å². The summed E-state index contributed by atoms with van der Waals surface area (Å²) in [6, 6.07) is 8.49. The summed E-state index contributed by atoms with van der Waals surface area (Å²) < 4.78 is 44.7. The maximum Gasteiger partial charge on any atom is 0.416 e. The summed E-state index contributed by atoms with van der Waals surface area (Å²) in [4.78, 5) is 31.4. The highest BCUT2D eigenvalue weighted by molar-refractivity contribution is 5.96. The van der Waals surface area contributed by atoms with Gasteiger partial charge >= 0.3 is 6.18 Å². The zero-order valence-corrected chi connectivity index (χ0v) is 20.8. The van der Waals surface area contributed by atoms with Gasteiger partial charge in [0.2, 0.25) is 5.91 Å². The summed E-state index contributed by atoms with van der Waals surface area (Å²) in [5, 5.41) is 5.37. The lowest BCUT2D eigenvalue weighted by atomic mass is 9.81. The van der Waals surface area contributed by atoms with Gasteiger partial charge in [0.25, 0.3) is 5.91 Å². The number of pyridine rings is 1. The van der Waals surface area contributed by atoms with Crippen molar-refractivity contribution in [3.05, 3.63) is 65.5 Å². The van der Waals surface area contributed by atoms with Crippen molar-refractivity contribution < 1.29 is 27.5 Å². The fraction of sp³-hybridized carbons (Fsp3) is 0.519. The van der Waals surface area contributed by atoms with Gasteiger partial charge in [-0.2, -0.15) is 13.2 Å². The summed E-state index contributed by atoms with van der Waals surface area (Å²) in [6.07, 6.45) is 3.30. The summed E-state index contributed by atoms with van der Waals surface area (Å²) in [6.45, 7) is 3.48. The van der Waals surface area contributed by atoms with E-state index in [-0.39, 0.29) is 24.3 Å². The van der Waals surface area contributed by atoms with Crippen molar-refractivity contribution in [1.29, 1.82) is 0 Å². The van der Waals surface area contributed by atoms with Crippen LogP contribution in [0.2, 0.25) is 0 Å². The number of ether oxygens (including phenoxy) is 1. The van der Waals surface area contributed by atoms with Gasteiger partial charge in [-0.15, -0.1) is 0 Å². The van der Waals surface area contributed by atoms with Gasteiger partial charge in [0.05, 0.1) is 24.3 Å². The first-order valence-corrected chi connectivity index (χ1v) is 12.7. The van der Waals surface area contributed by atoms with E-state index in [1.165, 1.54) is 17.7 Å². The van der Waals surface area contributed by atoms with E-state index in [4.69, 9.17) is 4.74 Å². The van der Waals surface area contributed by atoms with E-state index in [0.717, 1.165) is 44.4 Å². The molecule has 2 atom stereocenters. The first kappa shape index (κ1) is 27.1. The lowest BCUT2D eigenvalue weighted by Gasteiger charge is -2.34. The van der Waals surface area contributed by atoms with Crippen LogP contribution in [0.5, 0.6) is 0 Å². The SMILES string of the molecule is CCO[C@@H]1CN(C2CCC(c3ccncc3)CC2)C[C@@H]1NC(=O)CNC(=O)c1cccc(C(F)(F)F)c1. The predicted molar refractivity (Wildman–Crippen MR) is 132 cm³/mol. The molecule has 1 saturated heterocycles. The molecule has 0 spiro atoms. The number of hydrogen-bond donors (Lipinski definition) is 2. The average Bonchev–Trinajstić information content (AvgIpc) is 3.29. The van der Waals surface area contributed by atoms with Gasteiger partial charge in [-0.1, -0.05) is 6.07 Å².